The standard InChI is InChI=1S/C28H30Cl2N6O4/c29-25-23(9-21(13-33-25)39-15-19-5-7-31-19)27(37)35-11-17-1-2-18(4-3-17)12-36-28(38)24-10-22(14-34-26(24)30)40-16-20-6-8-32-20/h1-4,9-10,13-14,19-20,31-32H,5-8,11-12,15-16H2,(H,35,37)(H,36,38)/t19-,20-/m0/s1. The zero-order chi connectivity index (χ0) is 27.9. The molecule has 210 valence electrons. The molecule has 4 N–H and O–H groups in total. The Bertz CT molecular complexity index is 1250. The highest BCUT2D eigenvalue weighted by Crippen LogP contribution is 2.21. The van der Waals surface area contributed by atoms with Gasteiger partial charge in [0.05, 0.1) is 23.5 Å². The van der Waals surface area contributed by atoms with Crippen LogP contribution < -0.4 is 30.7 Å². The van der Waals surface area contributed by atoms with Gasteiger partial charge >= 0.3 is 0 Å². The molecule has 4 heterocycles. The first-order valence-electron chi connectivity index (χ1n) is 13.1. The Morgan fingerprint density at radius 1 is 0.775 bits per heavy atom. The van der Waals surface area contributed by atoms with E-state index in [-0.39, 0.29) is 33.2 Å². The molecule has 0 radical (unpaired) electrons. The first-order chi connectivity index (χ1) is 19.4. The summed E-state index contributed by atoms with van der Waals surface area (Å²) in [6.07, 6.45) is 5.15. The lowest BCUT2D eigenvalue weighted by Crippen LogP contribution is -2.46. The van der Waals surface area contributed by atoms with Gasteiger partial charge in [0.2, 0.25) is 0 Å². The van der Waals surface area contributed by atoms with E-state index in [4.69, 9.17) is 32.7 Å². The lowest BCUT2D eigenvalue weighted by Gasteiger charge is -2.27. The van der Waals surface area contributed by atoms with Crippen molar-refractivity contribution in [3.05, 3.63) is 81.4 Å². The highest BCUT2D eigenvalue weighted by molar-refractivity contribution is 6.33. The van der Waals surface area contributed by atoms with Crippen LogP contribution in [0.3, 0.4) is 0 Å². The minimum absolute atomic E-state index is 0.112. The summed E-state index contributed by atoms with van der Waals surface area (Å²) < 4.78 is 11.4. The zero-order valence-electron chi connectivity index (χ0n) is 21.7. The van der Waals surface area contributed by atoms with Crippen molar-refractivity contribution in [2.24, 2.45) is 0 Å². The second kappa shape index (κ2) is 13.3. The van der Waals surface area contributed by atoms with E-state index in [1.54, 1.807) is 12.1 Å². The molecule has 2 fully saturated rings. The van der Waals surface area contributed by atoms with Crippen LogP contribution in [0.25, 0.3) is 0 Å². The number of ether oxygens (including phenoxy) is 2. The molecule has 0 aliphatic carbocycles. The van der Waals surface area contributed by atoms with Crippen molar-refractivity contribution in [2.45, 2.75) is 38.0 Å². The number of rotatable bonds is 12. The molecule has 12 heteroatoms. The number of amides is 2. The van der Waals surface area contributed by atoms with Crippen LogP contribution in [0.1, 0.15) is 44.7 Å². The second-order valence-electron chi connectivity index (χ2n) is 9.70. The minimum Gasteiger partial charge on any atom is -0.490 e. The highest BCUT2D eigenvalue weighted by atomic mass is 35.5. The van der Waals surface area contributed by atoms with E-state index >= 15 is 0 Å². The van der Waals surface area contributed by atoms with E-state index in [0.29, 0.717) is 49.9 Å². The lowest BCUT2D eigenvalue weighted by molar-refractivity contribution is 0.0941. The van der Waals surface area contributed by atoms with Gasteiger partial charge in [-0.15, -0.1) is 0 Å². The van der Waals surface area contributed by atoms with E-state index in [9.17, 15) is 9.59 Å². The summed E-state index contributed by atoms with van der Waals surface area (Å²) >= 11 is 12.3. The van der Waals surface area contributed by atoms with Crippen molar-refractivity contribution in [1.82, 2.24) is 31.2 Å². The number of carbonyl (C=O) groups is 2. The monoisotopic (exact) mass is 584 g/mol. The Balaban J connectivity index is 1.09. The number of benzene rings is 1. The van der Waals surface area contributed by atoms with Gasteiger partial charge in [-0.2, -0.15) is 0 Å². The van der Waals surface area contributed by atoms with Gasteiger partial charge in [0, 0.05) is 25.2 Å². The fraction of sp³-hybridized carbons (Fsp3) is 0.357. The Morgan fingerprint density at radius 3 is 1.52 bits per heavy atom. The first kappa shape index (κ1) is 28.1. The number of nitrogens with one attached hydrogen (secondary N) is 4. The average Bonchev–Trinajstić information content (AvgIpc) is 2.91. The van der Waals surface area contributed by atoms with E-state index < -0.39 is 0 Å². The maximum atomic E-state index is 12.7. The van der Waals surface area contributed by atoms with Crippen LogP contribution in [0.2, 0.25) is 10.3 Å². The molecule has 2 aromatic heterocycles. The number of pyridine rings is 2. The Kier molecular flexibility index (Phi) is 9.33. The topological polar surface area (TPSA) is 127 Å². The van der Waals surface area contributed by atoms with E-state index in [1.165, 1.54) is 12.4 Å². The SMILES string of the molecule is O=C(NCc1ccc(CNC(=O)c2cc(OC[C@@H]3CCN3)cnc2Cl)cc1)c1cc(OC[C@@H]2CCN2)cnc1Cl. The quantitative estimate of drug-likeness (QED) is 0.239. The fourth-order valence-corrected chi connectivity index (χ4v) is 4.42. The van der Waals surface area contributed by atoms with Gasteiger partial charge in [-0.25, -0.2) is 9.97 Å². The number of carbonyl (C=O) groups excluding carboxylic acids is 2. The molecular weight excluding hydrogens is 555 g/mol. The van der Waals surface area contributed by atoms with Gasteiger partial charge in [-0.05, 0) is 49.2 Å². The molecule has 2 atom stereocenters. The third-order valence-corrected chi connectivity index (χ3v) is 7.40. The fourth-order valence-electron chi connectivity index (χ4n) is 4.04. The predicted octanol–water partition coefficient (Wildman–Crippen LogP) is 3.12. The molecule has 40 heavy (non-hydrogen) atoms. The van der Waals surface area contributed by atoms with Crippen molar-refractivity contribution in [3.8, 4) is 11.5 Å². The second-order valence-corrected chi connectivity index (χ2v) is 10.4. The summed E-state index contributed by atoms with van der Waals surface area (Å²) in [7, 11) is 0. The maximum absolute atomic E-state index is 12.7. The molecule has 1 aromatic carbocycles. The molecule has 0 bridgehead atoms. The molecule has 10 nitrogen and oxygen atoms in total. The smallest absolute Gasteiger partial charge is 0.254 e. The van der Waals surface area contributed by atoms with Crippen LogP contribution in [-0.2, 0) is 13.1 Å². The number of halogens is 2. The van der Waals surface area contributed by atoms with Gasteiger partial charge in [0.1, 0.15) is 35.0 Å². The van der Waals surface area contributed by atoms with Crippen LogP contribution in [0.5, 0.6) is 11.5 Å². The molecule has 2 aliphatic heterocycles. The summed E-state index contributed by atoms with van der Waals surface area (Å²) in [5.41, 5.74) is 2.27. The zero-order valence-corrected chi connectivity index (χ0v) is 23.2. The number of hydrogen-bond donors (Lipinski definition) is 4. The number of nitrogens with zero attached hydrogens (tertiary/aromatic N) is 2. The van der Waals surface area contributed by atoms with E-state index in [1.807, 2.05) is 24.3 Å². The van der Waals surface area contributed by atoms with Gasteiger partial charge < -0.3 is 30.7 Å². The minimum atomic E-state index is -0.346. The van der Waals surface area contributed by atoms with Crippen LogP contribution in [-0.4, -0.2) is 60.2 Å². The summed E-state index contributed by atoms with van der Waals surface area (Å²) in [5, 5.41) is 12.5. The Morgan fingerprint density at radius 2 is 1.18 bits per heavy atom. The van der Waals surface area contributed by atoms with Crippen molar-refractivity contribution in [3.63, 3.8) is 0 Å². The largest absolute Gasteiger partial charge is 0.490 e. The van der Waals surface area contributed by atoms with Gasteiger partial charge in [0.15, 0.2) is 0 Å². The van der Waals surface area contributed by atoms with Crippen molar-refractivity contribution < 1.29 is 19.1 Å². The Hall–Kier alpha value is -3.44. The maximum Gasteiger partial charge on any atom is 0.254 e. The summed E-state index contributed by atoms with van der Waals surface area (Å²) in [6, 6.07) is 11.4. The Labute approximate surface area is 242 Å². The molecule has 2 saturated heterocycles. The third-order valence-electron chi connectivity index (χ3n) is 6.80. The molecule has 0 unspecified atom stereocenters. The summed E-state index contributed by atoms with van der Waals surface area (Å²) in [5.74, 6) is 0.303. The van der Waals surface area contributed by atoms with E-state index in [2.05, 4.69) is 31.2 Å². The van der Waals surface area contributed by atoms with Crippen molar-refractivity contribution in [1.29, 1.82) is 0 Å². The normalized spacial score (nSPS) is 17.8. The van der Waals surface area contributed by atoms with Gasteiger partial charge in [-0.1, -0.05) is 47.5 Å². The summed E-state index contributed by atoms with van der Waals surface area (Å²) in [6.45, 7) is 3.60. The first-order valence-corrected chi connectivity index (χ1v) is 13.9. The number of hydrogen-bond acceptors (Lipinski definition) is 8. The van der Waals surface area contributed by atoms with Crippen molar-refractivity contribution in [2.75, 3.05) is 26.3 Å². The average molecular weight is 585 g/mol. The van der Waals surface area contributed by atoms with Crippen molar-refractivity contribution >= 4 is 35.0 Å². The highest BCUT2D eigenvalue weighted by Gasteiger charge is 2.19. The van der Waals surface area contributed by atoms with E-state index in [0.717, 1.165) is 37.1 Å². The third kappa shape index (κ3) is 7.39. The summed E-state index contributed by atoms with van der Waals surface area (Å²) in [4.78, 5) is 33.6. The van der Waals surface area contributed by atoms with Crippen LogP contribution >= 0.6 is 23.2 Å². The predicted molar refractivity (Wildman–Crippen MR) is 151 cm³/mol. The lowest BCUT2D eigenvalue weighted by atomic mass is 10.1. The van der Waals surface area contributed by atoms with Gasteiger partial charge in [0.25, 0.3) is 11.8 Å². The molecule has 0 spiro atoms. The van der Waals surface area contributed by atoms with Crippen LogP contribution in [0.15, 0.2) is 48.8 Å². The van der Waals surface area contributed by atoms with Gasteiger partial charge in [-0.3, -0.25) is 9.59 Å². The molecule has 2 amide bonds. The molecule has 0 saturated carbocycles. The van der Waals surface area contributed by atoms with Crippen LogP contribution in [0.4, 0.5) is 0 Å². The molecule has 3 aromatic rings. The van der Waals surface area contributed by atoms with Crippen LogP contribution in [0, 0.1) is 0 Å². The molecule has 5 rings (SSSR count). The number of aromatic nitrogens is 2. The molecule has 2 aliphatic rings. The molecular formula is C28H30Cl2N6O4.